The number of fused-ring (bicyclic) bond motifs is 5. The van der Waals surface area contributed by atoms with Gasteiger partial charge >= 0.3 is 0 Å². The summed E-state index contributed by atoms with van der Waals surface area (Å²) in [5.41, 5.74) is 0.851. The molecule has 3 aliphatic carbocycles. The van der Waals surface area contributed by atoms with Gasteiger partial charge in [0.05, 0.1) is 21.9 Å². The molecule has 4 nitrogen and oxygen atoms in total. The molecule has 2 bridgehead atoms. The van der Waals surface area contributed by atoms with E-state index < -0.39 is 27.4 Å². The Balaban J connectivity index is 1.98. The van der Waals surface area contributed by atoms with Gasteiger partial charge in [-0.25, -0.2) is 0 Å². The number of Topliss-reactive ketones (excluding diaryl/α,β-unsaturated/α-hetero) is 1. The zero-order valence-electron chi connectivity index (χ0n) is 14.3. The maximum absolute atomic E-state index is 13.5. The van der Waals surface area contributed by atoms with Gasteiger partial charge in [0.15, 0.2) is 11.6 Å². The van der Waals surface area contributed by atoms with E-state index in [0.29, 0.717) is 5.56 Å². The molecule has 0 spiro atoms. The molecule has 142 valence electrons. The van der Waals surface area contributed by atoms with E-state index in [4.69, 9.17) is 55.9 Å². The Kier molecular flexibility index (Phi) is 4.36. The Morgan fingerprint density at radius 1 is 0.889 bits per heavy atom. The van der Waals surface area contributed by atoms with Gasteiger partial charge < -0.3 is 9.47 Å². The summed E-state index contributed by atoms with van der Waals surface area (Å²) in [7, 11) is 2.66. The van der Waals surface area contributed by atoms with Gasteiger partial charge in [-0.15, -0.1) is 23.2 Å². The van der Waals surface area contributed by atoms with Gasteiger partial charge in [0.1, 0.15) is 9.75 Å². The molecule has 0 aromatic heterocycles. The van der Waals surface area contributed by atoms with Crippen molar-refractivity contribution in [1.29, 1.82) is 0 Å². The van der Waals surface area contributed by atoms with Crippen molar-refractivity contribution in [3.8, 4) is 0 Å². The Hall–Kier alpha value is -0.880. The van der Waals surface area contributed by atoms with E-state index in [1.807, 2.05) is 6.07 Å². The van der Waals surface area contributed by atoms with E-state index in [0.717, 1.165) is 0 Å². The van der Waals surface area contributed by atoms with Crippen molar-refractivity contribution in [2.24, 2.45) is 11.8 Å². The summed E-state index contributed by atoms with van der Waals surface area (Å²) in [6.45, 7) is 0. The molecular formula is C19H14Cl4O4. The Labute approximate surface area is 176 Å². The summed E-state index contributed by atoms with van der Waals surface area (Å²) in [5.74, 6) is -4.66. The Morgan fingerprint density at radius 2 is 1.41 bits per heavy atom. The lowest BCUT2D eigenvalue weighted by atomic mass is 9.70. The maximum Gasteiger partial charge on any atom is 0.218 e. The second-order valence-corrected chi connectivity index (χ2v) is 8.67. The number of hydrogen-bond acceptors (Lipinski definition) is 4. The van der Waals surface area contributed by atoms with Crippen molar-refractivity contribution in [1.82, 2.24) is 0 Å². The highest BCUT2D eigenvalue weighted by atomic mass is 35.5. The van der Waals surface area contributed by atoms with Gasteiger partial charge in [-0.05, 0) is 11.6 Å². The number of hydrogen-bond donors (Lipinski definition) is 0. The minimum absolute atomic E-state index is 0.0384. The normalized spacial score (nSPS) is 36.9. The van der Waals surface area contributed by atoms with E-state index in [1.165, 1.54) is 20.3 Å². The average Bonchev–Trinajstić information content (AvgIpc) is 2.94. The van der Waals surface area contributed by atoms with Gasteiger partial charge in [-0.1, -0.05) is 53.5 Å². The highest BCUT2D eigenvalue weighted by Gasteiger charge is 2.87. The molecule has 1 saturated carbocycles. The molecule has 0 saturated heterocycles. The first kappa shape index (κ1) is 19.4. The van der Waals surface area contributed by atoms with Crippen molar-refractivity contribution < 1.29 is 19.1 Å². The zero-order valence-corrected chi connectivity index (χ0v) is 17.3. The molecule has 4 rings (SSSR count). The molecule has 1 fully saturated rings. The molecular weight excluding hydrogens is 434 g/mol. The number of alkyl halides is 2. The molecule has 0 N–H and O–H groups in total. The summed E-state index contributed by atoms with van der Waals surface area (Å²) in [6.07, 6.45) is 1.29. The third-order valence-corrected chi connectivity index (χ3v) is 8.39. The molecule has 27 heavy (non-hydrogen) atoms. The first-order chi connectivity index (χ1) is 12.7. The summed E-state index contributed by atoms with van der Waals surface area (Å²) in [6, 6.07) is 8.85. The average molecular weight is 448 g/mol. The number of carbonyl (C=O) groups is 2. The van der Waals surface area contributed by atoms with Crippen molar-refractivity contribution >= 4 is 63.5 Å². The van der Waals surface area contributed by atoms with Gasteiger partial charge in [0, 0.05) is 19.8 Å². The van der Waals surface area contributed by atoms with Crippen LogP contribution in [0.4, 0.5) is 0 Å². The first-order valence-electron chi connectivity index (χ1n) is 8.11. The Bertz CT molecular complexity index is 921. The molecule has 8 heteroatoms. The number of ether oxygens (including phenoxy) is 2. The fourth-order valence-electron chi connectivity index (χ4n) is 4.70. The molecule has 0 aliphatic heterocycles. The van der Waals surface area contributed by atoms with Crippen LogP contribution in [-0.2, 0) is 19.1 Å². The molecule has 1 aromatic carbocycles. The Morgan fingerprint density at radius 3 is 1.93 bits per heavy atom. The van der Waals surface area contributed by atoms with E-state index in [2.05, 4.69) is 0 Å². The number of carbonyl (C=O) groups excluding carboxylic acids is 2. The van der Waals surface area contributed by atoms with Crippen molar-refractivity contribution in [3.63, 3.8) is 0 Å². The quantitative estimate of drug-likeness (QED) is 0.516. The lowest BCUT2D eigenvalue weighted by molar-refractivity contribution is -0.220. The second-order valence-electron chi connectivity index (χ2n) is 6.72. The topological polar surface area (TPSA) is 52.6 Å². The minimum atomic E-state index is -1.78. The number of methoxy groups -OCH3 is 2. The van der Waals surface area contributed by atoms with Crippen LogP contribution in [0.5, 0.6) is 0 Å². The monoisotopic (exact) mass is 446 g/mol. The maximum atomic E-state index is 13.5. The summed E-state index contributed by atoms with van der Waals surface area (Å²) in [5, 5.41) is -0.0789. The predicted octanol–water partition coefficient (Wildman–Crippen LogP) is 4.11. The van der Waals surface area contributed by atoms with Gasteiger partial charge in [0.25, 0.3) is 0 Å². The molecule has 0 amide bonds. The molecule has 0 radical (unpaired) electrons. The van der Waals surface area contributed by atoms with Crippen LogP contribution in [0, 0.1) is 11.8 Å². The minimum Gasteiger partial charge on any atom is -0.350 e. The molecule has 3 aliphatic rings. The van der Waals surface area contributed by atoms with Crippen molar-refractivity contribution in [2.45, 2.75) is 15.5 Å². The molecule has 0 unspecified atom stereocenters. The van der Waals surface area contributed by atoms with Crippen LogP contribution in [-0.4, -0.2) is 41.3 Å². The second kappa shape index (κ2) is 6.06. The highest BCUT2D eigenvalue weighted by molar-refractivity contribution is 6.54. The number of rotatable bonds is 3. The van der Waals surface area contributed by atoms with Crippen LogP contribution in [0.25, 0.3) is 5.57 Å². The fourth-order valence-corrected chi connectivity index (χ4v) is 6.88. The smallest absolute Gasteiger partial charge is 0.218 e. The van der Waals surface area contributed by atoms with Crippen LogP contribution < -0.4 is 0 Å². The largest absolute Gasteiger partial charge is 0.350 e. The van der Waals surface area contributed by atoms with Gasteiger partial charge in [-0.3, -0.25) is 9.59 Å². The van der Waals surface area contributed by atoms with E-state index >= 15 is 0 Å². The number of halogens is 4. The van der Waals surface area contributed by atoms with Crippen molar-refractivity contribution in [3.05, 3.63) is 52.0 Å². The van der Waals surface area contributed by atoms with Crippen LogP contribution >= 0.6 is 46.4 Å². The van der Waals surface area contributed by atoms with Gasteiger partial charge in [-0.2, -0.15) is 0 Å². The number of ketones is 2. The first-order valence-corrected chi connectivity index (χ1v) is 9.63. The fraction of sp³-hybridized carbons (Fsp3) is 0.368. The molecule has 4 atom stereocenters. The highest BCUT2D eigenvalue weighted by Crippen LogP contribution is 2.75. The lowest BCUT2D eigenvalue weighted by Crippen LogP contribution is -2.58. The zero-order chi connectivity index (χ0) is 19.8. The number of allylic oxidation sites excluding steroid dienone is 2. The van der Waals surface area contributed by atoms with E-state index in [-0.39, 0.29) is 27.2 Å². The van der Waals surface area contributed by atoms with Gasteiger partial charge in [0.2, 0.25) is 5.79 Å². The molecule has 1 aromatic rings. The number of benzene rings is 1. The summed E-state index contributed by atoms with van der Waals surface area (Å²) >= 11 is 26.7. The van der Waals surface area contributed by atoms with Crippen molar-refractivity contribution in [2.75, 3.05) is 14.2 Å². The third kappa shape index (κ3) is 1.94. The standard InChI is InChI=1S/C19H14Cl4O4/c1-26-19(27-2)17(22)12-11(24)8-10(9-6-4-3-5-7-9)14(25)13(12)18(19,23)16(21)15(17)20/h3-8,12-13H,1-2H3/t12-,13+,17-,18-/m0/s1. The lowest BCUT2D eigenvalue weighted by Gasteiger charge is -2.41. The van der Waals surface area contributed by atoms with Crippen LogP contribution in [0.2, 0.25) is 0 Å². The van der Waals surface area contributed by atoms with Crippen LogP contribution in [0.3, 0.4) is 0 Å². The molecule has 0 heterocycles. The van der Waals surface area contributed by atoms with Crippen LogP contribution in [0.1, 0.15) is 5.56 Å². The summed E-state index contributed by atoms with van der Waals surface area (Å²) in [4.78, 5) is 23.1. The summed E-state index contributed by atoms with van der Waals surface area (Å²) < 4.78 is 11.2. The predicted molar refractivity (Wildman–Crippen MR) is 104 cm³/mol. The van der Waals surface area contributed by atoms with E-state index in [9.17, 15) is 9.59 Å². The van der Waals surface area contributed by atoms with E-state index in [1.54, 1.807) is 24.3 Å². The third-order valence-electron chi connectivity index (χ3n) is 5.78. The SMILES string of the molecule is COC1(OC)[C@@]2(Cl)C(Cl)=C(Cl)[C@@]1(Cl)[C@H]1C(=O)C(c3ccccc3)=CC(=O)[C@@H]12. The van der Waals surface area contributed by atoms with Crippen LogP contribution in [0.15, 0.2) is 46.5 Å².